The van der Waals surface area contributed by atoms with Crippen molar-refractivity contribution in [2.75, 3.05) is 7.05 Å². The van der Waals surface area contributed by atoms with Crippen LogP contribution in [0.1, 0.15) is 26.3 Å². The number of hydrogen-bond acceptors (Lipinski definition) is 3. The van der Waals surface area contributed by atoms with Crippen LogP contribution in [0.2, 0.25) is 0 Å². The summed E-state index contributed by atoms with van der Waals surface area (Å²) >= 11 is 0. The van der Waals surface area contributed by atoms with Gasteiger partial charge in [0, 0.05) is 11.4 Å². The van der Waals surface area contributed by atoms with Gasteiger partial charge in [-0.25, -0.2) is 0 Å². The lowest BCUT2D eigenvalue weighted by Crippen LogP contribution is -2.39. The molecule has 1 atom stereocenters. The number of fused-ring (bicyclic) bond motifs is 1. The molecule has 0 aliphatic carbocycles. The van der Waals surface area contributed by atoms with Crippen LogP contribution in [0.15, 0.2) is 30.5 Å². The monoisotopic (exact) mass is 243 g/mol. The molecule has 0 bridgehead atoms. The van der Waals surface area contributed by atoms with Crippen LogP contribution in [0, 0.1) is 5.41 Å². The topological polar surface area (TPSA) is 37.8 Å². The summed E-state index contributed by atoms with van der Waals surface area (Å²) in [7, 11) is 2.02. The van der Waals surface area contributed by atoms with Crippen molar-refractivity contribution in [3.63, 3.8) is 0 Å². The molecule has 1 aromatic carbocycles. The standard InChI is InChI=1S/C15H21N3/c1-15(2,3)14(16-4)9-11-10-17-18-13-8-6-5-7-12(11)13/h5-8,10,14,16H,9H2,1-4H3. The van der Waals surface area contributed by atoms with Crippen molar-refractivity contribution in [2.45, 2.75) is 33.2 Å². The first-order chi connectivity index (χ1) is 8.52. The molecule has 0 fully saturated rings. The van der Waals surface area contributed by atoms with Crippen molar-refractivity contribution >= 4 is 10.9 Å². The minimum atomic E-state index is 0.221. The van der Waals surface area contributed by atoms with E-state index in [0.717, 1.165) is 11.9 Å². The van der Waals surface area contributed by atoms with Gasteiger partial charge >= 0.3 is 0 Å². The van der Waals surface area contributed by atoms with Crippen LogP contribution in [0.4, 0.5) is 0 Å². The quantitative estimate of drug-likeness (QED) is 0.900. The average molecular weight is 243 g/mol. The fraction of sp³-hybridized carbons (Fsp3) is 0.467. The zero-order valence-electron chi connectivity index (χ0n) is 11.6. The Balaban J connectivity index is 2.37. The third kappa shape index (κ3) is 2.67. The molecule has 1 unspecified atom stereocenters. The molecule has 18 heavy (non-hydrogen) atoms. The third-order valence-corrected chi connectivity index (χ3v) is 3.45. The van der Waals surface area contributed by atoms with Crippen molar-refractivity contribution in [1.29, 1.82) is 0 Å². The Kier molecular flexibility index (Phi) is 3.62. The van der Waals surface area contributed by atoms with Crippen molar-refractivity contribution in [1.82, 2.24) is 15.5 Å². The summed E-state index contributed by atoms with van der Waals surface area (Å²) in [5.74, 6) is 0. The Bertz CT molecular complexity index is 523. The van der Waals surface area contributed by atoms with Crippen LogP contribution in [-0.4, -0.2) is 23.3 Å². The summed E-state index contributed by atoms with van der Waals surface area (Å²) < 4.78 is 0. The molecule has 1 heterocycles. The Morgan fingerprint density at radius 1 is 1.22 bits per heavy atom. The Morgan fingerprint density at radius 3 is 2.61 bits per heavy atom. The van der Waals surface area contributed by atoms with Crippen LogP contribution in [-0.2, 0) is 6.42 Å². The van der Waals surface area contributed by atoms with Gasteiger partial charge in [0.2, 0.25) is 0 Å². The maximum atomic E-state index is 4.17. The fourth-order valence-electron chi connectivity index (χ4n) is 2.29. The van der Waals surface area contributed by atoms with E-state index in [9.17, 15) is 0 Å². The summed E-state index contributed by atoms with van der Waals surface area (Å²) in [6.45, 7) is 6.76. The minimum Gasteiger partial charge on any atom is -0.316 e. The van der Waals surface area contributed by atoms with Crippen LogP contribution >= 0.6 is 0 Å². The van der Waals surface area contributed by atoms with E-state index >= 15 is 0 Å². The summed E-state index contributed by atoms with van der Waals surface area (Å²) in [6, 6.07) is 8.61. The van der Waals surface area contributed by atoms with Crippen LogP contribution in [0.3, 0.4) is 0 Å². The molecule has 0 aliphatic heterocycles. The Labute approximate surface area is 109 Å². The zero-order chi connectivity index (χ0) is 13.2. The highest BCUT2D eigenvalue weighted by molar-refractivity contribution is 5.81. The van der Waals surface area contributed by atoms with E-state index < -0.39 is 0 Å². The van der Waals surface area contributed by atoms with E-state index in [1.165, 1.54) is 10.9 Å². The molecule has 1 aromatic heterocycles. The zero-order valence-corrected chi connectivity index (χ0v) is 11.6. The molecule has 0 saturated carbocycles. The fourth-order valence-corrected chi connectivity index (χ4v) is 2.29. The van der Waals surface area contributed by atoms with E-state index in [-0.39, 0.29) is 5.41 Å². The second kappa shape index (κ2) is 5.02. The summed E-state index contributed by atoms with van der Waals surface area (Å²) in [4.78, 5) is 0. The smallest absolute Gasteiger partial charge is 0.0932 e. The molecular formula is C15H21N3. The summed E-state index contributed by atoms with van der Waals surface area (Å²) in [6.07, 6.45) is 2.86. The summed E-state index contributed by atoms with van der Waals surface area (Å²) in [5, 5.41) is 12.9. The first-order valence-electron chi connectivity index (χ1n) is 6.39. The molecule has 1 N–H and O–H groups in total. The van der Waals surface area contributed by atoms with E-state index in [0.29, 0.717) is 6.04 Å². The predicted octanol–water partition coefficient (Wildman–Crippen LogP) is 2.81. The number of nitrogens with one attached hydrogen (secondary N) is 1. The molecule has 2 rings (SSSR count). The number of likely N-dealkylation sites (N-methyl/N-ethyl adjacent to an activating group) is 1. The molecule has 0 saturated heterocycles. The predicted molar refractivity (Wildman–Crippen MR) is 75.5 cm³/mol. The lowest BCUT2D eigenvalue weighted by Gasteiger charge is -2.30. The third-order valence-electron chi connectivity index (χ3n) is 3.45. The van der Waals surface area contributed by atoms with Gasteiger partial charge < -0.3 is 5.32 Å². The number of rotatable bonds is 3. The molecule has 0 aliphatic rings. The van der Waals surface area contributed by atoms with E-state index in [2.05, 4.69) is 48.4 Å². The van der Waals surface area contributed by atoms with Crippen molar-refractivity contribution in [3.05, 3.63) is 36.0 Å². The molecule has 2 aromatic rings. The van der Waals surface area contributed by atoms with Crippen LogP contribution < -0.4 is 5.32 Å². The van der Waals surface area contributed by atoms with E-state index in [4.69, 9.17) is 0 Å². The van der Waals surface area contributed by atoms with Gasteiger partial charge in [0.25, 0.3) is 0 Å². The number of aromatic nitrogens is 2. The highest BCUT2D eigenvalue weighted by atomic mass is 15.1. The van der Waals surface area contributed by atoms with Gasteiger partial charge in [0.15, 0.2) is 0 Å². The van der Waals surface area contributed by atoms with Gasteiger partial charge in [-0.05, 0) is 30.5 Å². The summed E-state index contributed by atoms with van der Waals surface area (Å²) in [5.41, 5.74) is 2.45. The maximum Gasteiger partial charge on any atom is 0.0932 e. The van der Waals surface area contributed by atoms with Gasteiger partial charge in [-0.2, -0.15) is 10.2 Å². The van der Waals surface area contributed by atoms with Gasteiger partial charge in [0.1, 0.15) is 0 Å². The molecule has 0 amide bonds. The van der Waals surface area contributed by atoms with Crippen LogP contribution in [0.5, 0.6) is 0 Å². The van der Waals surface area contributed by atoms with Crippen LogP contribution in [0.25, 0.3) is 10.9 Å². The van der Waals surface area contributed by atoms with Gasteiger partial charge in [-0.3, -0.25) is 0 Å². The van der Waals surface area contributed by atoms with Gasteiger partial charge in [-0.15, -0.1) is 0 Å². The lowest BCUT2D eigenvalue weighted by molar-refractivity contribution is 0.280. The number of nitrogens with zero attached hydrogens (tertiary/aromatic N) is 2. The second-order valence-electron chi connectivity index (χ2n) is 5.80. The largest absolute Gasteiger partial charge is 0.316 e. The first kappa shape index (κ1) is 13.0. The van der Waals surface area contributed by atoms with Crippen molar-refractivity contribution in [3.8, 4) is 0 Å². The Hall–Kier alpha value is -1.48. The SMILES string of the molecule is CNC(Cc1cnnc2ccccc12)C(C)(C)C. The first-order valence-corrected chi connectivity index (χ1v) is 6.39. The Morgan fingerprint density at radius 2 is 1.94 bits per heavy atom. The molecule has 3 nitrogen and oxygen atoms in total. The highest BCUT2D eigenvalue weighted by Gasteiger charge is 2.23. The molecule has 3 heteroatoms. The molecule has 96 valence electrons. The van der Waals surface area contributed by atoms with Crippen molar-refractivity contribution in [2.24, 2.45) is 5.41 Å². The minimum absolute atomic E-state index is 0.221. The van der Waals surface area contributed by atoms with Crippen molar-refractivity contribution < 1.29 is 0 Å². The second-order valence-corrected chi connectivity index (χ2v) is 5.80. The van der Waals surface area contributed by atoms with Gasteiger partial charge in [-0.1, -0.05) is 39.0 Å². The maximum absolute atomic E-state index is 4.17. The molecular weight excluding hydrogens is 222 g/mol. The molecule has 0 radical (unpaired) electrons. The number of hydrogen-bond donors (Lipinski definition) is 1. The average Bonchev–Trinajstić information content (AvgIpc) is 2.34. The lowest BCUT2D eigenvalue weighted by atomic mass is 9.83. The number of benzene rings is 1. The van der Waals surface area contributed by atoms with Gasteiger partial charge in [0.05, 0.1) is 11.7 Å². The highest BCUT2D eigenvalue weighted by Crippen LogP contribution is 2.24. The van der Waals surface area contributed by atoms with E-state index in [1.807, 2.05) is 25.4 Å². The normalized spacial score (nSPS) is 13.8. The van der Waals surface area contributed by atoms with E-state index in [1.54, 1.807) is 0 Å². The molecule has 0 spiro atoms.